The van der Waals surface area contributed by atoms with Crippen molar-refractivity contribution in [1.82, 2.24) is 0 Å². The summed E-state index contributed by atoms with van der Waals surface area (Å²) in [5, 5.41) is 23.0. The fraction of sp³-hybridized carbons (Fsp3) is 0.250. The normalized spacial score (nSPS) is 13.7. The van der Waals surface area contributed by atoms with E-state index in [4.69, 9.17) is 0 Å². The van der Waals surface area contributed by atoms with Crippen molar-refractivity contribution in [3.05, 3.63) is 69.0 Å². The molecule has 5 heteroatoms. The van der Waals surface area contributed by atoms with Gasteiger partial charge in [0.2, 0.25) is 0 Å². The van der Waals surface area contributed by atoms with Gasteiger partial charge in [-0.25, -0.2) is 0 Å². The monoisotopic (exact) mass is 349 g/mol. The molecule has 0 aromatic heterocycles. The number of hydrogen-bond acceptors (Lipinski definition) is 4. The molecule has 0 saturated heterocycles. The second kappa shape index (κ2) is 7.45. The van der Waals surface area contributed by atoms with Gasteiger partial charge in [-0.3, -0.25) is 0 Å². The van der Waals surface area contributed by atoms with E-state index in [0.717, 1.165) is 10.0 Å². The van der Waals surface area contributed by atoms with Crippen LogP contribution in [0, 0.1) is 4.91 Å². The quantitative estimate of drug-likeness (QED) is 0.759. The van der Waals surface area contributed by atoms with Crippen molar-refractivity contribution in [3.8, 4) is 0 Å². The number of aliphatic hydroxyl groups excluding tert-OH is 2. The number of halogens is 1. The highest BCUT2D eigenvalue weighted by molar-refractivity contribution is 9.10. The van der Waals surface area contributed by atoms with Gasteiger partial charge in [0.15, 0.2) is 0 Å². The van der Waals surface area contributed by atoms with Crippen LogP contribution in [0.15, 0.2) is 58.2 Å². The zero-order valence-electron chi connectivity index (χ0n) is 11.3. The summed E-state index contributed by atoms with van der Waals surface area (Å²) in [5.41, 5.74) is 1.87. The van der Waals surface area contributed by atoms with E-state index in [1.54, 1.807) is 24.3 Å². The molecule has 2 atom stereocenters. The minimum atomic E-state index is -0.671. The summed E-state index contributed by atoms with van der Waals surface area (Å²) in [7, 11) is 0. The maximum atomic E-state index is 10.3. The van der Waals surface area contributed by atoms with Crippen LogP contribution in [0.5, 0.6) is 0 Å². The van der Waals surface area contributed by atoms with E-state index in [1.807, 2.05) is 24.3 Å². The number of nitroso groups, excluding NO2 is 1. The predicted molar refractivity (Wildman–Crippen MR) is 85.2 cm³/mol. The van der Waals surface area contributed by atoms with Crippen molar-refractivity contribution in [2.75, 3.05) is 0 Å². The molecule has 110 valence electrons. The Balaban J connectivity index is 1.91. The Kier molecular flexibility index (Phi) is 5.61. The first-order chi connectivity index (χ1) is 10.1. The Morgan fingerprint density at radius 1 is 0.857 bits per heavy atom. The lowest BCUT2D eigenvalue weighted by Crippen LogP contribution is -2.03. The Morgan fingerprint density at radius 3 is 1.71 bits per heavy atom. The first-order valence-electron chi connectivity index (χ1n) is 6.65. The lowest BCUT2D eigenvalue weighted by atomic mass is 9.99. The van der Waals surface area contributed by atoms with Crippen LogP contribution in [0.4, 0.5) is 5.69 Å². The predicted octanol–water partition coefficient (Wildman–Crippen LogP) is 4.39. The van der Waals surface area contributed by atoms with E-state index in [2.05, 4.69) is 21.1 Å². The van der Waals surface area contributed by atoms with Gasteiger partial charge in [-0.05, 0) is 53.4 Å². The fourth-order valence-electron chi connectivity index (χ4n) is 2.09. The van der Waals surface area contributed by atoms with Gasteiger partial charge in [-0.1, -0.05) is 40.2 Å². The van der Waals surface area contributed by atoms with E-state index >= 15 is 0 Å². The Hall–Kier alpha value is -1.56. The topological polar surface area (TPSA) is 69.9 Å². The van der Waals surface area contributed by atoms with Crippen LogP contribution in [-0.4, -0.2) is 10.2 Å². The largest absolute Gasteiger partial charge is 0.388 e. The Labute approximate surface area is 131 Å². The van der Waals surface area contributed by atoms with Crippen molar-refractivity contribution in [3.63, 3.8) is 0 Å². The number of rotatable bonds is 6. The van der Waals surface area contributed by atoms with E-state index in [9.17, 15) is 15.1 Å². The molecule has 0 fully saturated rings. The second-order valence-electron chi connectivity index (χ2n) is 4.84. The zero-order chi connectivity index (χ0) is 15.2. The molecule has 0 bridgehead atoms. The van der Waals surface area contributed by atoms with Crippen molar-refractivity contribution >= 4 is 21.6 Å². The summed E-state index contributed by atoms with van der Waals surface area (Å²) in [6.45, 7) is 0. The zero-order valence-corrected chi connectivity index (χ0v) is 12.9. The minimum absolute atomic E-state index is 0.334. The average molecular weight is 350 g/mol. The third-order valence-corrected chi connectivity index (χ3v) is 3.88. The van der Waals surface area contributed by atoms with Crippen LogP contribution < -0.4 is 0 Å². The molecule has 2 aromatic rings. The molecule has 21 heavy (non-hydrogen) atoms. The minimum Gasteiger partial charge on any atom is -0.388 e. The van der Waals surface area contributed by atoms with Gasteiger partial charge in [0.05, 0.1) is 12.2 Å². The number of benzene rings is 2. The van der Waals surface area contributed by atoms with E-state index in [-0.39, 0.29) is 0 Å². The van der Waals surface area contributed by atoms with Gasteiger partial charge >= 0.3 is 0 Å². The lowest BCUT2D eigenvalue weighted by Gasteiger charge is -2.15. The summed E-state index contributed by atoms with van der Waals surface area (Å²) in [6, 6.07) is 13.9. The molecule has 0 spiro atoms. The van der Waals surface area contributed by atoms with Gasteiger partial charge in [0.25, 0.3) is 0 Å². The molecule has 2 rings (SSSR count). The van der Waals surface area contributed by atoms with Crippen LogP contribution in [0.2, 0.25) is 0 Å². The number of nitrogens with zero attached hydrogens (tertiary/aromatic N) is 1. The maximum absolute atomic E-state index is 10.3. The van der Waals surface area contributed by atoms with Crippen molar-refractivity contribution < 1.29 is 10.2 Å². The summed E-state index contributed by atoms with van der Waals surface area (Å²) in [5.74, 6) is 0. The molecule has 0 aliphatic heterocycles. The van der Waals surface area contributed by atoms with Crippen LogP contribution >= 0.6 is 15.9 Å². The lowest BCUT2D eigenvalue weighted by molar-refractivity contribution is 0.115. The molecule has 2 aromatic carbocycles. The average Bonchev–Trinajstić information content (AvgIpc) is 2.53. The highest BCUT2D eigenvalue weighted by atomic mass is 79.9. The summed E-state index contributed by atoms with van der Waals surface area (Å²) < 4.78 is 0.961. The molecule has 0 radical (unpaired) electrons. The molecular weight excluding hydrogens is 334 g/mol. The second-order valence-corrected chi connectivity index (χ2v) is 5.76. The van der Waals surface area contributed by atoms with Crippen LogP contribution in [0.1, 0.15) is 36.2 Å². The molecule has 0 saturated carbocycles. The molecule has 0 heterocycles. The third-order valence-electron chi connectivity index (χ3n) is 3.35. The van der Waals surface area contributed by atoms with Crippen LogP contribution in [0.3, 0.4) is 0 Å². The molecule has 0 aliphatic rings. The van der Waals surface area contributed by atoms with E-state index < -0.39 is 12.2 Å². The van der Waals surface area contributed by atoms with Crippen molar-refractivity contribution in [1.29, 1.82) is 0 Å². The first-order valence-corrected chi connectivity index (χ1v) is 7.44. The summed E-state index contributed by atoms with van der Waals surface area (Å²) in [4.78, 5) is 10.3. The molecule has 4 nitrogen and oxygen atoms in total. The SMILES string of the molecule is O=Nc1ccc(C(O)CCC(O)c2ccc(Br)cc2)cc1. The standard InChI is InChI=1S/C16H16BrNO3/c17-13-5-1-11(2-6-13)15(19)9-10-16(20)12-3-7-14(18-21)8-4-12/h1-8,15-16,19-20H,9-10H2. The summed E-state index contributed by atoms with van der Waals surface area (Å²) >= 11 is 3.35. The van der Waals surface area contributed by atoms with Gasteiger partial charge < -0.3 is 10.2 Å². The Morgan fingerprint density at radius 2 is 1.29 bits per heavy atom. The first kappa shape index (κ1) is 15.8. The van der Waals surface area contributed by atoms with E-state index in [1.165, 1.54) is 0 Å². The summed E-state index contributed by atoms with van der Waals surface area (Å²) in [6.07, 6.45) is -0.388. The van der Waals surface area contributed by atoms with Crippen LogP contribution in [-0.2, 0) is 0 Å². The fourth-order valence-corrected chi connectivity index (χ4v) is 2.36. The highest BCUT2D eigenvalue weighted by Gasteiger charge is 2.13. The van der Waals surface area contributed by atoms with Crippen LogP contribution in [0.25, 0.3) is 0 Å². The molecular formula is C16H16BrNO3. The van der Waals surface area contributed by atoms with Gasteiger partial charge in [0.1, 0.15) is 5.69 Å². The van der Waals surface area contributed by atoms with Gasteiger partial charge in [0, 0.05) is 4.47 Å². The van der Waals surface area contributed by atoms with Gasteiger partial charge in [-0.15, -0.1) is 4.91 Å². The molecule has 2 unspecified atom stereocenters. The van der Waals surface area contributed by atoms with E-state index in [0.29, 0.717) is 24.1 Å². The Bertz CT molecular complexity index is 583. The van der Waals surface area contributed by atoms with Gasteiger partial charge in [-0.2, -0.15) is 0 Å². The smallest absolute Gasteiger partial charge is 0.108 e. The highest BCUT2D eigenvalue weighted by Crippen LogP contribution is 2.26. The number of aliphatic hydroxyl groups is 2. The van der Waals surface area contributed by atoms with Crippen molar-refractivity contribution in [2.45, 2.75) is 25.0 Å². The maximum Gasteiger partial charge on any atom is 0.108 e. The number of hydrogen-bond donors (Lipinski definition) is 2. The molecule has 0 aliphatic carbocycles. The van der Waals surface area contributed by atoms with Crippen molar-refractivity contribution in [2.24, 2.45) is 5.18 Å². The third kappa shape index (κ3) is 4.46. The molecule has 2 N–H and O–H groups in total. The molecule has 0 amide bonds.